The number of benzene rings is 1. The van der Waals surface area contributed by atoms with Gasteiger partial charge in [0.05, 0.1) is 6.26 Å². The zero-order valence-corrected chi connectivity index (χ0v) is 15.8. The van der Waals surface area contributed by atoms with E-state index < -0.39 is 10.0 Å². The van der Waals surface area contributed by atoms with Gasteiger partial charge in [0.2, 0.25) is 16.8 Å². The Morgan fingerprint density at radius 3 is 2.52 bits per heavy atom. The van der Waals surface area contributed by atoms with Gasteiger partial charge < -0.3 is 14.4 Å². The molecular weight excluding hydrogens is 370 g/mol. The number of fused-ring (bicyclic) bond motifs is 1. The van der Waals surface area contributed by atoms with E-state index >= 15 is 0 Å². The largest absolute Gasteiger partial charge is 0.454 e. The number of piperazine rings is 1. The summed E-state index contributed by atoms with van der Waals surface area (Å²) >= 11 is 0. The van der Waals surface area contributed by atoms with Gasteiger partial charge in [-0.3, -0.25) is 9.62 Å². The summed E-state index contributed by atoms with van der Waals surface area (Å²) < 4.78 is 35.6. The fourth-order valence-corrected chi connectivity index (χ4v) is 3.66. The highest BCUT2D eigenvalue weighted by molar-refractivity contribution is 7.92. The van der Waals surface area contributed by atoms with Gasteiger partial charge in [-0.1, -0.05) is 6.07 Å². The van der Waals surface area contributed by atoms with Gasteiger partial charge in [-0.2, -0.15) is 0 Å². The molecule has 0 amide bonds. The summed E-state index contributed by atoms with van der Waals surface area (Å²) in [6.07, 6.45) is 1.09. The van der Waals surface area contributed by atoms with Crippen molar-refractivity contribution in [2.24, 2.45) is 0 Å². The number of nitrogens with zero attached hydrogens (tertiary/aromatic N) is 4. The van der Waals surface area contributed by atoms with Crippen molar-refractivity contribution in [1.29, 1.82) is 0 Å². The Hall–Kier alpha value is -2.59. The molecule has 0 atom stereocenters. The van der Waals surface area contributed by atoms with Gasteiger partial charge in [0.1, 0.15) is 0 Å². The van der Waals surface area contributed by atoms with Gasteiger partial charge >= 0.3 is 0 Å². The molecule has 3 heterocycles. The predicted molar refractivity (Wildman–Crippen MR) is 101 cm³/mol. The van der Waals surface area contributed by atoms with E-state index in [1.807, 2.05) is 12.1 Å². The van der Waals surface area contributed by atoms with Crippen LogP contribution in [0.5, 0.6) is 11.5 Å². The topological polar surface area (TPSA) is 96.9 Å². The van der Waals surface area contributed by atoms with E-state index in [1.165, 1.54) is 5.56 Å². The van der Waals surface area contributed by atoms with Crippen molar-refractivity contribution in [2.45, 2.75) is 6.54 Å². The Balaban J connectivity index is 1.32. The maximum Gasteiger partial charge on any atom is 0.231 e. The maximum absolute atomic E-state index is 11.2. The third-order valence-corrected chi connectivity index (χ3v) is 5.06. The fourth-order valence-electron chi connectivity index (χ4n) is 3.17. The van der Waals surface area contributed by atoms with Crippen LogP contribution in [0.1, 0.15) is 5.56 Å². The lowest BCUT2D eigenvalue weighted by atomic mass is 10.1. The summed E-state index contributed by atoms with van der Waals surface area (Å²) in [7, 11) is -3.35. The summed E-state index contributed by atoms with van der Waals surface area (Å²) in [6, 6.07) is 9.47. The maximum atomic E-state index is 11.2. The number of anilines is 2. The Kier molecular flexibility index (Phi) is 4.75. The van der Waals surface area contributed by atoms with Crippen molar-refractivity contribution in [3.8, 4) is 11.5 Å². The SMILES string of the molecule is CS(=O)(=O)Nc1ccc(N2CCN(Cc3ccc4c(c3)OCO4)CC2)nn1. The molecule has 2 aliphatic rings. The minimum absolute atomic E-state index is 0.225. The van der Waals surface area contributed by atoms with Gasteiger partial charge in [0.25, 0.3) is 0 Å². The first kappa shape index (κ1) is 17.8. The number of nitrogens with one attached hydrogen (secondary N) is 1. The molecule has 0 radical (unpaired) electrons. The molecule has 4 rings (SSSR count). The fraction of sp³-hybridized carbons (Fsp3) is 0.412. The molecule has 1 N–H and O–H groups in total. The molecule has 2 aliphatic heterocycles. The molecule has 0 bridgehead atoms. The number of hydrogen-bond donors (Lipinski definition) is 1. The quantitative estimate of drug-likeness (QED) is 0.803. The van der Waals surface area contributed by atoms with E-state index in [4.69, 9.17) is 9.47 Å². The van der Waals surface area contributed by atoms with Gasteiger partial charge in [0, 0.05) is 32.7 Å². The summed E-state index contributed by atoms with van der Waals surface area (Å²) in [6.45, 7) is 4.61. The van der Waals surface area contributed by atoms with Gasteiger partial charge in [0.15, 0.2) is 23.1 Å². The summed E-state index contributed by atoms with van der Waals surface area (Å²) in [4.78, 5) is 4.52. The second-order valence-corrected chi connectivity index (χ2v) is 8.35. The number of hydrogen-bond acceptors (Lipinski definition) is 8. The first-order valence-corrected chi connectivity index (χ1v) is 10.5. The monoisotopic (exact) mass is 391 g/mol. The van der Waals surface area contributed by atoms with E-state index in [9.17, 15) is 8.42 Å². The molecule has 1 aromatic heterocycles. The molecule has 0 unspecified atom stereocenters. The average molecular weight is 391 g/mol. The third-order valence-electron chi connectivity index (χ3n) is 4.48. The normalized spacial score (nSPS) is 17.1. The Morgan fingerprint density at radius 2 is 1.81 bits per heavy atom. The van der Waals surface area contributed by atoms with E-state index in [2.05, 4.69) is 30.8 Å². The Labute approximate surface area is 157 Å². The molecule has 1 saturated heterocycles. The zero-order chi connectivity index (χ0) is 18.9. The number of aromatic nitrogens is 2. The summed E-state index contributed by atoms with van der Waals surface area (Å²) in [5, 5.41) is 8.07. The number of sulfonamides is 1. The van der Waals surface area contributed by atoms with Gasteiger partial charge in [-0.15, -0.1) is 10.2 Å². The van der Waals surface area contributed by atoms with Crippen molar-refractivity contribution in [2.75, 3.05) is 48.8 Å². The van der Waals surface area contributed by atoms with Crippen LogP contribution in [0.25, 0.3) is 0 Å². The lowest BCUT2D eigenvalue weighted by Crippen LogP contribution is -2.46. The highest BCUT2D eigenvalue weighted by atomic mass is 32.2. The average Bonchev–Trinajstić information content (AvgIpc) is 3.10. The lowest BCUT2D eigenvalue weighted by molar-refractivity contribution is 0.174. The summed E-state index contributed by atoms with van der Waals surface area (Å²) in [5.74, 6) is 2.58. The zero-order valence-electron chi connectivity index (χ0n) is 15.0. The molecule has 144 valence electrons. The van der Waals surface area contributed by atoms with Crippen LogP contribution in [0.15, 0.2) is 30.3 Å². The molecule has 0 saturated carbocycles. The standard InChI is InChI=1S/C17H21N5O4S/c1-27(23,24)20-16-4-5-17(19-18-16)22-8-6-21(7-9-22)11-13-2-3-14-15(10-13)26-12-25-14/h2-5,10H,6-9,11-12H2,1H3,(H,18,20). The molecule has 27 heavy (non-hydrogen) atoms. The second kappa shape index (κ2) is 7.20. The lowest BCUT2D eigenvalue weighted by Gasteiger charge is -2.35. The molecule has 10 heteroatoms. The van der Waals surface area contributed by atoms with Crippen LogP contribution in [0.3, 0.4) is 0 Å². The summed E-state index contributed by atoms with van der Waals surface area (Å²) in [5.41, 5.74) is 1.20. The molecule has 1 aromatic carbocycles. The Bertz CT molecular complexity index is 911. The van der Waals surface area contributed by atoms with Crippen LogP contribution in [0.2, 0.25) is 0 Å². The molecule has 9 nitrogen and oxygen atoms in total. The van der Waals surface area contributed by atoms with Gasteiger partial charge in [-0.05, 0) is 29.8 Å². The van der Waals surface area contributed by atoms with E-state index in [0.29, 0.717) is 0 Å². The van der Waals surface area contributed by atoms with Crippen LogP contribution in [-0.2, 0) is 16.6 Å². The first-order chi connectivity index (χ1) is 13.0. The molecule has 1 fully saturated rings. The number of ether oxygens (including phenoxy) is 2. The van der Waals surface area contributed by atoms with Crippen LogP contribution >= 0.6 is 0 Å². The van der Waals surface area contributed by atoms with Crippen LogP contribution < -0.4 is 19.1 Å². The second-order valence-electron chi connectivity index (χ2n) is 6.60. The van der Waals surface area contributed by atoms with Crippen molar-refractivity contribution < 1.29 is 17.9 Å². The molecule has 2 aromatic rings. The van der Waals surface area contributed by atoms with E-state index in [0.717, 1.165) is 56.3 Å². The highest BCUT2D eigenvalue weighted by Crippen LogP contribution is 2.32. The van der Waals surface area contributed by atoms with Crippen molar-refractivity contribution in [1.82, 2.24) is 15.1 Å². The van der Waals surface area contributed by atoms with Crippen molar-refractivity contribution >= 4 is 21.7 Å². The Morgan fingerprint density at radius 1 is 1.04 bits per heavy atom. The minimum atomic E-state index is -3.35. The van der Waals surface area contributed by atoms with Crippen molar-refractivity contribution in [3.63, 3.8) is 0 Å². The smallest absolute Gasteiger partial charge is 0.231 e. The highest BCUT2D eigenvalue weighted by Gasteiger charge is 2.20. The number of rotatable bonds is 5. The minimum Gasteiger partial charge on any atom is -0.454 e. The van der Waals surface area contributed by atoms with E-state index in [1.54, 1.807) is 12.1 Å². The molecule has 0 aliphatic carbocycles. The first-order valence-electron chi connectivity index (χ1n) is 8.64. The van der Waals surface area contributed by atoms with Gasteiger partial charge in [-0.25, -0.2) is 8.42 Å². The molecule has 0 spiro atoms. The van der Waals surface area contributed by atoms with Crippen LogP contribution in [0, 0.1) is 0 Å². The van der Waals surface area contributed by atoms with Crippen LogP contribution in [-0.4, -0.2) is 62.7 Å². The van der Waals surface area contributed by atoms with E-state index in [-0.39, 0.29) is 12.6 Å². The predicted octanol–water partition coefficient (Wildman–Crippen LogP) is 0.899. The van der Waals surface area contributed by atoms with Crippen LogP contribution in [0.4, 0.5) is 11.6 Å². The molecular formula is C17H21N5O4S. The third kappa shape index (κ3) is 4.40. The van der Waals surface area contributed by atoms with Crippen molar-refractivity contribution in [3.05, 3.63) is 35.9 Å².